The molecule has 5 nitrogen and oxygen atoms in total. The van der Waals surface area contributed by atoms with Crippen molar-refractivity contribution in [2.24, 2.45) is 16.3 Å². The first-order valence-electron chi connectivity index (χ1n) is 6.40. The molecule has 0 aromatic rings. The summed E-state index contributed by atoms with van der Waals surface area (Å²) in [6, 6.07) is 0. The van der Waals surface area contributed by atoms with Crippen LogP contribution < -0.4 is 5.73 Å². The number of likely N-dealkylation sites (tertiary alicyclic amines) is 1. The van der Waals surface area contributed by atoms with Gasteiger partial charge in [-0.1, -0.05) is 12.1 Å². The van der Waals surface area contributed by atoms with Crippen LogP contribution in [0.3, 0.4) is 0 Å². The van der Waals surface area contributed by atoms with Gasteiger partial charge in [0.05, 0.1) is 0 Å². The average Bonchev–Trinajstić information content (AvgIpc) is 2.36. The molecule has 0 saturated carbocycles. The molecule has 5 heteroatoms. The molecule has 0 spiro atoms. The van der Waals surface area contributed by atoms with Gasteiger partial charge in [0, 0.05) is 25.2 Å². The summed E-state index contributed by atoms with van der Waals surface area (Å²) < 4.78 is 5.32. The highest BCUT2D eigenvalue weighted by atomic mass is 16.5. The summed E-state index contributed by atoms with van der Waals surface area (Å²) in [6.45, 7) is 8.82. The van der Waals surface area contributed by atoms with E-state index < -0.39 is 0 Å². The van der Waals surface area contributed by atoms with Crippen LogP contribution in [0.5, 0.6) is 0 Å². The fourth-order valence-corrected chi connectivity index (χ4v) is 2.18. The lowest BCUT2D eigenvalue weighted by Crippen LogP contribution is -2.45. The van der Waals surface area contributed by atoms with E-state index in [1.165, 1.54) is 0 Å². The Labute approximate surface area is 104 Å². The summed E-state index contributed by atoms with van der Waals surface area (Å²) in [5.74, 6) is 0.367. The fraction of sp³-hybridized carbons (Fsp3) is 0.917. The van der Waals surface area contributed by atoms with E-state index in [0.29, 0.717) is 5.84 Å². The predicted molar refractivity (Wildman–Crippen MR) is 68.3 cm³/mol. The Morgan fingerprint density at radius 3 is 2.65 bits per heavy atom. The monoisotopic (exact) mass is 243 g/mol. The van der Waals surface area contributed by atoms with Gasteiger partial charge in [-0.05, 0) is 39.3 Å². The van der Waals surface area contributed by atoms with Crippen molar-refractivity contribution in [3.8, 4) is 0 Å². The van der Waals surface area contributed by atoms with Crippen LogP contribution in [0, 0.1) is 5.41 Å². The summed E-state index contributed by atoms with van der Waals surface area (Å²) >= 11 is 0. The minimum Gasteiger partial charge on any atom is -0.409 e. The molecular weight excluding hydrogens is 218 g/mol. The molecule has 0 aliphatic carbocycles. The minimum absolute atomic E-state index is 0.134. The first-order valence-corrected chi connectivity index (χ1v) is 6.40. The number of nitrogens with two attached hydrogens (primary N) is 1. The molecule has 1 aliphatic heterocycles. The Morgan fingerprint density at radius 1 is 1.47 bits per heavy atom. The highest BCUT2D eigenvalue weighted by molar-refractivity contribution is 5.85. The van der Waals surface area contributed by atoms with Gasteiger partial charge in [0.1, 0.15) is 5.84 Å². The Morgan fingerprint density at radius 2 is 2.12 bits per heavy atom. The van der Waals surface area contributed by atoms with E-state index in [4.69, 9.17) is 15.7 Å². The third kappa shape index (κ3) is 4.16. The van der Waals surface area contributed by atoms with Gasteiger partial charge in [0.2, 0.25) is 0 Å². The first kappa shape index (κ1) is 14.3. The Bertz CT molecular complexity index is 248. The van der Waals surface area contributed by atoms with Crippen LogP contribution in [-0.2, 0) is 4.74 Å². The van der Waals surface area contributed by atoms with Gasteiger partial charge in [0.15, 0.2) is 0 Å². The number of amidine groups is 1. The van der Waals surface area contributed by atoms with Crippen LogP contribution in [-0.4, -0.2) is 48.8 Å². The number of ether oxygens (including phenoxy) is 1. The molecule has 1 aliphatic rings. The van der Waals surface area contributed by atoms with Gasteiger partial charge in [-0.25, -0.2) is 0 Å². The first-order chi connectivity index (χ1) is 8.12. The number of hydrogen-bond donors (Lipinski definition) is 2. The van der Waals surface area contributed by atoms with Gasteiger partial charge in [-0.15, -0.1) is 0 Å². The maximum Gasteiger partial charge on any atom is 0.145 e. The molecule has 0 aromatic carbocycles. The predicted octanol–water partition coefficient (Wildman–Crippen LogP) is 1.26. The molecule has 0 radical (unpaired) electrons. The van der Waals surface area contributed by atoms with Crippen LogP contribution in [0.2, 0.25) is 0 Å². The maximum absolute atomic E-state index is 8.75. The van der Waals surface area contributed by atoms with E-state index in [9.17, 15) is 0 Å². The second-order valence-electron chi connectivity index (χ2n) is 4.94. The topological polar surface area (TPSA) is 71.1 Å². The lowest BCUT2D eigenvalue weighted by Gasteiger charge is -2.38. The average molecular weight is 243 g/mol. The van der Waals surface area contributed by atoms with Crippen molar-refractivity contribution in [3.05, 3.63) is 0 Å². The summed E-state index contributed by atoms with van der Waals surface area (Å²) in [5.41, 5.74) is 5.59. The van der Waals surface area contributed by atoms with Gasteiger partial charge in [-0.3, -0.25) is 0 Å². The molecule has 1 fully saturated rings. The molecule has 0 bridgehead atoms. The standard InChI is InChI=1S/C12H25N3O2/c1-3-17-10-4-7-15-8-5-12(2,6-9-15)11(13)14-16/h16H,3-10H2,1-2H3,(H2,13,14). The third-order valence-electron chi connectivity index (χ3n) is 3.65. The maximum atomic E-state index is 8.75. The zero-order valence-corrected chi connectivity index (χ0v) is 11.0. The Balaban J connectivity index is 2.26. The van der Waals surface area contributed by atoms with Gasteiger partial charge < -0.3 is 20.6 Å². The van der Waals surface area contributed by atoms with Crippen LogP contribution in [0.25, 0.3) is 0 Å². The molecule has 0 atom stereocenters. The van der Waals surface area contributed by atoms with Crippen LogP contribution in [0.15, 0.2) is 5.16 Å². The zero-order chi connectivity index (χ0) is 12.7. The van der Waals surface area contributed by atoms with E-state index in [-0.39, 0.29) is 5.41 Å². The molecule has 3 N–H and O–H groups in total. The third-order valence-corrected chi connectivity index (χ3v) is 3.65. The quantitative estimate of drug-likeness (QED) is 0.242. The molecule has 1 rings (SSSR count). The minimum atomic E-state index is -0.134. The highest BCUT2D eigenvalue weighted by Gasteiger charge is 2.33. The van der Waals surface area contributed by atoms with E-state index in [2.05, 4.69) is 17.0 Å². The van der Waals surface area contributed by atoms with Crippen LogP contribution in [0.1, 0.15) is 33.1 Å². The van der Waals surface area contributed by atoms with E-state index >= 15 is 0 Å². The molecule has 0 aromatic heterocycles. The molecule has 100 valence electrons. The second-order valence-corrected chi connectivity index (χ2v) is 4.94. The summed E-state index contributed by atoms with van der Waals surface area (Å²) in [4.78, 5) is 2.42. The largest absolute Gasteiger partial charge is 0.409 e. The molecule has 17 heavy (non-hydrogen) atoms. The van der Waals surface area contributed by atoms with Crippen molar-refractivity contribution in [1.82, 2.24) is 4.90 Å². The van der Waals surface area contributed by atoms with Crippen molar-refractivity contribution in [2.75, 3.05) is 32.8 Å². The molecule has 1 heterocycles. The second kappa shape index (κ2) is 6.81. The number of piperidine rings is 1. The fourth-order valence-electron chi connectivity index (χ4n) is 2.18. The number of rotatable bonds is 6. The van der Waals surface area contributed by atoms with Gasteiger partial charge >= 0.3 is 0 Å². The van der Waals surface area contributed by atoms with Crippen LogP contribution in [0.4, 0.5) is 0 Å². The Kier molecular flexibility index (Phi) is 5.71. The van der Waals surface area contributed by atoms with Crippen LogP contribution >= 0.6 is 0 Å². The summed E-state index contributed by atoms with van der Waals surface area (Å²) in [5, 5.41) is 11.9. The summed E-state index contributed by atoms with van der Waals surface area (Å²) in [7, 11) is 0. The van der Waals surface area contributed by atoms with Crippen molar-refractivity contribution >= 4 is 5.84 Å². The van der Waals surface area contributed by atoms with Crippen molar-refractivity contribution < 1.29 is 9.94 Å². The van der Waals surface area contributed by atoms with Crippen molar-refractivity contribution in [1.29, 1.82) is 0 Å². The number of nitrogens with zero attached hydrogens (tertiary/aromatic N) is 2. The lowest BCUT2D eigenvalue weighted by molar-refractivity contribution is 0.114. The highest BCUT2D eigenvalue weighted by Crippen LogP contribution is 2.30. The number of oxime groups is 1. The van der Waals surface area contributed by atoms with E-state index in [1.54, 1.807) is 0 Å². The van der Waals surface area contributed by atoms with Gasteiger partial charge in [-0.2, -0.15) is 0 Å². The Hall–Kier alpha value is -0.810. The molecule has 0 unspecified atom stereocenters. The molecule has 1 saturated heterocycles. The number of hydrogen-bond acceptors (Lipinski definition) is 4. The van der Waals surface area contributed by atoms with E-state index in [0.717, 1.165) is 52.1 Å². The van der Waals surface area contributed by atoms with Crippen molar-refractivity contribution in [2.45, 2.75) is 33.1 Å². The van der Waals surface area contributed by atoms with E-state index in [1.807, 2.05) is 6.92 Å². The zero-order valence-electron chi connectivity index (χ0n) is 11.0. The lowest BCUT2D eigenvalue weighted by atomic mass is 9.79. The molecule has 0 amide bonds. The van der Waals surface area contributed by atoms with Crippen molar-refractivity contribution in [3.63, 3.8) is 0 Å². The normalized spacial score (nSPS) is 21.6. The smallest absolute Gasteiger partial charge is 0.145 e. The SMILES string of the molecule is CCOCCCN1CCC(C)(C(N)=NO)CC1. The summed E-state index contributed by atoms with van der Waals surface area (Å²) in [6.07, 6.45) is 2.99. The molecular formula is C12H25N3O2. The van der Waals surface area contributed by atoms with Gasteiger partial charge in [0.25, 0.3) is 0 Å².